The monoisotopic (exact) mass is 286 g/mol. The van der Waals surface area contributed by atoms with Crippen molar-refractivity contribution >= 4 is 10.0 Å². The van der Waals surface area contributed by atoms with Gasteiger partial charge in [0.2, 0.25) is 10.0 Å². The maximum atomic E-state index is 13.2. The highest BCUT2D eigenvalue weighted by atomic mass is 32.2. The molecule has 1 aromatic carbocycles. The van der Waals surface area contributed by atoms with Crippen LogP contribution in [0.25, 0.3) is 0 Å². The fraction of sp³-hybridized carbons (Fsp3) is 0.538. The molecule has 0 aliphatic carbocycles. The predicted octanol–water partition coefficient (Wildman–Crippen LogP) is 1.51. The topological polar surface area (TPSA) is 49.4 Å². The molecule has 0 amide bonds. The number of nitrogens with zero attached hydrogens (tertiary/aromatic N) is 1. The summed E-state index contributed by atoms with van der Waals surface area (Å²) in [5.41, 5.74) is 0.345. The Morgan fingerprint density at radius 2 is 1.84 bits per heavy atom. The molecular formula is C13H19FN2O2S. The van der Waals surface area contributed by atoms with E-state index in [-0.39, 0.29) is 22.8 Å². The zero-order chi connectivity index (χ0) is 14.2. The van der Waals surface area contributed by atoms with Crippen LogP contribution in [0.2, 0.25) is 0 Å². The number of hydrogen-bond donors (Lipinski definition) is 1. The molecule has 1 N–H and O–H groups in total. The quantitative estimate of drug-likeness (QED) is 0.896. The van der Waals surface area contributed by atoms with Crippen LogP contribution in [-0.4, -0.2) is 37.9 Å². The molecule has 0 spiro atoms. The lowest BCUT2D eigenvalue weighted by molar-refractivity contribution is 0.263. The van der Waals surface area contributed by atoms with Crippen LogP contribution in [0.4, 0.5) is 4.39 Å². The molecule has 2 atom stereocenters. The predicted molar refractivity (Wildman–Crippen MR) is 72.0 cm³/mol. The van der Waals surface area contributed by atoms with E-state index in [9.17, 15) is 12.8 Å². The number of hydrogen-bond acceptors (Lipinski definition) is 3. The third-order valence-electron chi connectivity index (χ3n) is 3.29. The molecule has 4 nitrogen and oxygen atoms in total. The summed E-state index contributed by atoms with van der Waals surface area (Å²) in [6.07, 6.45) is 0. The van der Waals surface area contributed by atoms with Crippen LogP contribution >= 0.6 is 0 Å². The average Bonchev–Trinajstić information content (AvgIpc) is 2.31. The first-order chi connectivity index (χ1) is 8.80. The zero-order valence-electron chi connectivity index (χ0n) is 11.4. The first kappa shape index (κ1) is 14.4. The van der Waals surface area contributed by atoms with Crippen LogP contribution in [0.3, 0.4) is 0 Å². The van der Waals surface area contributed by atoms with Crippen molar-refractivity contribution in [3.63, 3.8) is 0 Å². The van der Waals surface area contributed by atoms with Gasteiger partial charge in [-0.2, -0.15) is 4.31 Å². The third kappa shape index (κ3) is 2.96. The second kappa shape index (κ2) is 5.19. The van der Waals surface area contributed by atoms with Gasteiger partial charge >= 0.3 is 0 Å². The minimum Gasteiger partial charge on any atom is -0.309 e. The van der Waals surface area contributed by atoms with Gasteiger partial charge in [0.1, 0.15) is 5.82 Å². The van der Waals surface area contributed by atoms with Crippen LogP contribution < -0.4 is 5.32 Å². The molecule has 2 unspecified atom stereocenters. The van der Waals surface area contributed by atoms with E-state index in [4.69, 9.17) is 0 Å². The number of piperazine rings is 1. The highest BCUT2D eigenvalue weighted by Crippen LogP contribution is 2.20. The molecule has 1 aliphatic rings. The molecule has 0 saturated carbocycles. The van der Waals surface area contributed by atoms with Crippen molar-refractivity contribution in [3.8, 4) is 0 Å². The van der Waals surface area contributed by atoms with Gasteiger partial charge in [0.05, 0.1) is 4.90 Å². The molecule has 1 aromatic rings. The van der Waals surface area contributed by atoms with Crippen LogP contribution in [0, 0.1) is 12.7 Å². The molecule has 2 rings (SSSR count). The lowest BCUT2D eigenvalue weighted by Crippen LogP contribution is -2.55. The maximum Gasteiger partial charge on any atom is 0.243 e. The van der Waals surface area contributed by atoms with Crippen molar-refractivity contribution in [2.75, 3.05) is 13.1 Å². The fourth-order valence-electron chi connectivity index (χ4n) is 2.40. The van der Waals surface area contributed by atoms with E-state index >= 15 is 0 Å². The molecule has 1 saturated heterocycles. The number of nitrogens with one attached hydrogen (secondary N) is 1. The summed E-state index contributed by atoms with van der Waals surface area (Å²) in [4.78, 5) is 0.160. The highest BCUT2D eigenvalue weighted by Gasteiger charge is 2.31. The number of halogens is 1. The standard InChI is InChI=1S/C13H19FN2O2S/c1-9-6-12(4-5-13(9)14)19(17,18)16-7-10(2)15-11(3)8-16/h4-6,10-11,15H,7-8H2,1-3H3. The van der Waals surface area contributed by atoms with Crippen LogP contribution in [0.5, 0.6) is 0 Å². The third-order valence-corrected chi connectivity index (χ3v) is 5.12. The van der Waals surface area contributed by atoms with Crippen LogP contribution in [-0.2, 0) is 10.0 Å². The molecule has 106 valence electrons. The molecule has 0 bridgehead atoms. The van der Waals surface area contributed by atoms with Crippen molar-refractivity contribution in [2.24, 2.45) is 0 Å². The Labute approximate surface area is 113 Å². The van der Waals surface area contributed by atoms with E-state index in [0.717, 1.165) is 0 Å². The highest BCUT2D eigenvalue weighted by molar-refractivity contribution is 7.89. The van der Waals surface area contributed by atoms with E-state index in [0.29, 0.717) is 18.7 Å². The number of aryl methyl sites for hydroxylation is 1. The second-order valence-corrected chi connectivity index (χ2v) is 7.14. The first-order valence-corrected chi connectivity index (χ1v) is 7.77. The van der Waals surface area contributed by atoms with Gasteiger partial charge in [-0.3, -0.25) is 0 Å². The van der Waals surface area contributed by atoms with Gasteiger partial charge in [-0.1, -0.05) is 0 Å². The van der Waals surface area contributed by atoms with Crippen LogP contribution in [0.15, 0.2) is 23.1 Å². The Morgan fingerprint density at radius 1 is 1.26 bits per heavy atom. The largest absolute Gasteiger partial charge is 0.309 e. The van der Waals surface area contributed by atoms with E-state index in [2.05, 4.69) is 5.32 Å². The summed E-state index contributed by atoms with van der Waals surface area (Å²) in [6, 6.07) is 4.15. The van der Waals surface area contributed by atoms with Gasteiger partial charge in [-0.15, -0.1) is 0 Å². The lowest BCUT2D eigenvalue weighted by atomic mass is 10.2. The van der Waals surface area contributed by atoms with Gasteiger partial charge in [-0.05, 0) is 44.5 Å². The minimum absolute atomic E-state index is 0.111. The van der Waals surface area contributed by atoms with Crippen molar-refractivity contribution < 1.29 is 12.8 Å². The van der Waals surface area contributed by atoms with Crippen LogP contribution in [0.1, 0.15) is 19.4 Å². The van der Waals surface area contributed by atoms with Gasteiger partial charge in [0.15, 0.2) is 0 Å². The Kier molecular flexibility index (Phi) is 3.94. The van der Waals surface area contributed by atoms with Crippen molar-refractivity contribution in [1.29, 1.82) is 0 Å². The molecule has 6 heteroatoms. The minimum atomic E-state index is -3.54. The summed E-state index contributed by atoms with van der Waals surface area (Å²) >= 11 is 0. The SMILES string of the molecule is Cc1cc(S(=O)(=O)N2CC(C)NC(C)C2)ccc1F. The first-order valence-electron chi connectivity index (χ1n) is 6.33. The zero-order valence-corrected chi connectivity index (χ0v) is 12.2. The van der Waals surface area contributed by atoms with E-state index in [1.165, 1.54) is 22.5 Å². The van der Waals surface area contributed by atoms with Crippen molar-refractivity contribution in [1.82, 2.24) is 9.62 Å². The smallest absolute Gasteiger partial charge is 0.243 e. The average molecular weight is 286 g/mol. The summed E-state index contributed by atoms with van der Waals surface area (Å²) < 4.78 is 39.7. The number of benzene rings is 1. The molecule has 0 aromatic heterocycles. The fourth-order valence-corrected chi connectivity index (χ4v) is 4.10. The Morgan fingerprint density at radius 3 is 2.37 bits per heavy atom. The number of sulfonamides is 1. The molecule has 19 heavy (non-hydrogen) atoms. The Bertz CT molecular complexity index is 564. The Balaban J connectivity index is 2.33. The molecular weight excluding hydrogens is 267 g/mol. The lowest BCUT2D eigenvalue weighted by Gasteiger charge is -2.35. The molecule has 0 radical (unpaired) electrons. The molecule has 1 fully saturated rings. The summed E-state index contributed by atoms with van der Waals surface area (Å²) in [5.74, 6) is -0.388. The summed E-state index contributed by atoms with van der Waals surface area (Å²) in [7, 11) is -3.54. The molecule has 1 aliphatic heterocycles. The summed E-state index contributed by atoms with van der Waals surface area (Å²) in [6.45, 7) is 6.34. The van der Waals surface area contributed by atoms with Crippen molar-refractivity contribution in [3.05, 3.63) is 29.6 Å². The van der Waals surface area contributed by atoms with Gasteiger partial charge in [0, 0.05) is 25.2 Å². The van der Waals surface area contributed by atoms with E-state index in [1.54, 1.807) is 6.92 Å². The van der Waals surface area contributed by atoms with Gasteiger partial charge in [-0.25, -0.2) is 12.8 Å². The van der Waals surface area contributed by atoms with E-state index in [1.807, 2.05) is 13.8 Å². The Hall–Kier alpha value is -0.980. The second-order valence-electron chi connectivity index (χ2n) is 5.20. The molecule has 1 heterocycles. The number of rotatable bonds is 2. The van der Waals surface area contributed by atoms with E-state index < -0.39 is 10.0 Å². The van der Waals surface area contributed by atoms with Crippen molar-refractivity contribution in [2.45, 2.75) is 37.8 Å². The van der Waals surface area contributed by atoms with Gasteiger partial charge < -0.3 is 5.32 Å². The van der Waals surface area contributed by atoms with Gasteiger partial charge in [0.25, 0.3) is 0 Å². The normalized spacial score (nSPS) is 25.5. The maximum absolute atomic E-state index is 13.2. The summed E-state index contributed by atoms with van der Waals surface area (Å²) in [5, 5.41) is 3.29.